The van der Waals surface area contributed by atoms with Gasteiger partial charge in [0.25, 0.3) is 0 Å². The zero-order valence-corrected chi connectivity index (χ0v) is 12.4. The minimum Gasteiger partial charge on any atom is -0.331 e. The molecule has 1 N–H and O–H groups in total. The number of carbonyl (C=O) groups is 1. The van der Waals surface area contributed by atoms with Crippen LogP contribution < -0.4 is 5.32 Å². The van der Waals surface area contributed by atoms with Crippen LogP contribution in [0.3, 0.4) is 0 Å². The highest BCUT2D eigenvalue weighted by atomic mass is 32.2. The van der Waals surface area contributed by atoms with Crippen LogP contribution in [0.4, 0.5) is 4.79 Å². The Labute approximate surface area is 118 Å². The summed E-state index contributed by atoms with van der Waals surface area (Å²) in [6.07, 6.45) is 2.10. The van der Waals surface area contributed by atoms with E-state index in [-0.39, 0.29) is 30.1 Å². The molecule has 2 heterocycles. The van der Waals surface area contributed by atoms with Gasteiger partial charge in [-0.3, -0.25) is 0 Å². The SMILES string of the molecule is CCn1cnnc1CNC(=O)N(C)[C@@H]1CCS(=O)(=O)C1. The third kappa shape index (κ3) is 3.27. The maximum Gasteiger partial charge on any atom is 0.317 e. The molecular weight excluding hydrogens is 282 g/mol. The molecule has 1 saturated heterocycles. The van der Waals surface area contributed by atoms with Gasteiger partial charge in [0.15, 0.2) is 15.7 Å². The first-order chi connectivity index (χ1) is 9.43. The molecular formula is C11H19N5O3S. The Morgan fingerprint density at radius 3 is 2.95 bits per heavy atom. The van der Waals surface area contributed by atoms with E-state index in [1.807, 2.05) is 11.5 Å². The van der Waals surface area contributed by atoms with Crippen LogP contribution in [-0.4, -0.2) is 58.7 Å². The summed E-state index contributed by atoms with van der Waals surface area (Å²) in [7, 11) is -1.37. The minimum atomic E-state index is -2.99. The van der Waals surface area contributed by atoms with Crippen molar-refractivity contribution in [2.45, 2.75) is 32.5 Å². The summed E-state index contributed by atoms with van der Waals surface area (Å²) in [5, 5.41) is 10.4. The Bertz CT molecular complexity index is 583. The van der Waals surface area contributed by atoms with Gasteiger partial charge < -0.3 is 14.8 Å². The quantitative estimate of drug-likeness (QED) is 0.818. The molecule has 2 rings (SSSR count). The molecule has 20 heavy (non-hydrogen) atoms. The van der Waals surface area contributed by atoms with Gasteiger partial charge in [-0.25, -0.2) is 13.2 Å². The lowest BCUT2D eigenvalue weighted by atomic mass is 10.2. The van der Waals surface area contributed by atoms with E-state index >= 15 is 0 Å². The minimum absolute atomic E-state index is 0.0437. The van der Waals surface area contributed by atoms with Crippen molar-refractivity contribution in [1.29, 1.82) is 0 Å². The third-order valence-corrected chi connectivity index (χ3v) is 5.26. The molecule has 2 amide bonds. The monoisotopic (exact) mass is 301 g/mol. The highest BCUT2D eigenvalue weighted by Gasteiger charge is 2.32. The summed E-state index contributed by atoms with van der Waals surface area (Å²) in [5.74, 6) is 0.870. The predicted octanol–water partition coefficient (Wildman–Crippen LogP) is -0.373. The summed E-state index contributed by atoms with van der Waals surface area (Å²) >= 11 is 0. The highest BCUT2D eigenvalue weighted by molar-refractivity contribution is 7.91. The first-order valence-corrected chi connectivity index (χ1v) is 8.33. The molecule has 0 radical (unpaired) electrons. The standard InChI is InChI=1S/C11H19N5O3S/c1-3-16-8-13-14-10(16)6-12-11(17)15(2)9-4-5-20(18,19)7-9/h8-9H,3-7H2,1-2H3,(H,12,17)/t9-/m1/s1. The van der Waals surface area contributed by atoms with Crippen molar-refractivity contribution in [3.8, 4) is 0 Å². The van der Waals surface area contributed by atoms with E-state index in [9.17, 15) is 13.2 Å². The lowest BCUT2D eigenvalue weighted by molar-refractivity contribution is 0.194. The van der Waals surface area contributed by atoms with Crippen molar-refractivity contribution in [2.24, 2.45) is 0 Å². The van der Waals surface area contributed by atoms with E-state index in [4.69, 9.17) is 0 Å². The van der Waals surface area contributed by atoms with Crippen molar-refractivity contribution in [3.63, 3.8) is 0 Å². The number of amides is 2. The first kappa shape index (κ1) is 14.8. The fourth-order valence-corrected chi connectivity index (χ4v) is 3.98. The van der Waals surface area contributed by atoms with Crippen molar-refractivity contribution < 1.29 is 13.2 Å². The third-order valence-electron chi connectivity index (χ3n) is 3.51. The molecule has 0 spiro atoms. The lowest BCUT2D eigenvalue weighted by Crippen LogP contribution is -2.44. The summed E-state index contributed by atoms with van der Waals surface area (Å²) in [6, 6.07) is -0.540. The number of nitrogens with one attached hydrogen (secondary N) is 1. The van der Waals surface area contributed by atoms with Gasteiger partial charge in [-0.05, 0) is 13.3 Å². The van der Waals surface area contributed by atoms with Gasteiger partial charge in [0.2, 0.25) is 0 Å². The van der Waals surface area contributed by atoms with Crippen LogP contribution in [0, 0.1) is 0 Å². The van der Waals surface area contributed by atoms with Gasteiger partial charge >= 0.3 is 6.03 Å². The second kappa shape index (κ2) is 5.78. The Hall–Kier alpha value is -1.64. The zero-order valence-electron chi connectivity index (χ0n) is 11.6. The normalized spacial score (nSPS) is 20.8. The lowest BCUT2D eigenvalue weighted by Gasteiger charge is -2.23. The Balaban J connectivity index is 1.89. The molecule has 1 atom stereocenters. The van der Waals surface area contributed by atoms with Gasteiger partial charge in [0.1, 0.15) is 6.33 Å². The number of aromatic nitrogens is 3. The molecule has 1 aromatic heterocycles. The van der Waals surface area contributed by atoms with E-state index < -0.39 is 9.84 Å². The highest BCUT2D eigenvalue weighted by Crippen LogP contribution is 2.16. The zero-order chi connectivity index (χ0) is 14.8. The van der Waals surface area contributed by atoms with Gasteiger partial charge in [0.05, 0.1) is 18.1 Å². The summed E-state index contributed by atoms with van der Waals surface area (Å²) in [5.41, 5.74) is 0. The van der Waals surface area contributed by atoms with E-state index in [0.717, 1.165) is 6.54 Å². The fourth-order valence-electron chi connectivity index (χ4n) is 2.21. The second-order valence-electron chi connectivity index (χ2n) is 4.86. The van der Waals surface area contributed by atoms with Crippen molar-refractivity contribution in [3.05, 3.63) is 12.2 Å². The number of hydrogen-bond donors (Lipinski definition) is 1. The Kier molecular flexibility index (Phi) is 4.26. The molecule has 9 heteroatoms. The summed E-state index contributed by atoms with van der Waals surface area (Å²) in [6.45, 7) is 2.97. The Morgan fingerprint density at radius 2 is 2.35 bits per heavy atom. The number of rotatable bonds is 4. The summed E-state index contributed by atoms with van der Waals surface area (Å²) < 4.78 is 24.7. The number of urea groups is 1. The summed E-state index contributed by atoms with van der Waals surface area (Å²) in [4.78, 5) is 13.5. The molecule has 1 fully saturated rings. The van der Waals surface area contributed by atoms with Crippen molar-refractivity contribution >= 4 is 15.9 Å². The number of carbonyl (C=O) groups excluding carboxylic acids is 1. The molecule has 1 aromatic rings. The molecule has 0 aromatic carbocycles. The molecule has 0 bridgehead atoms. The largest absolute Gasteiger partial charge is 0.331 e. The van der Waals surface area contributed by atoms with Gasteiger partial charge in [0, 0.05) is 19.6 Å². The van der Waals surface area contributed by atoms with Crippen LogP contribution in [-0.2, 0) is 22.9 Å². The molecule has 112 valence electrons. The molecule has 0 aliphatic carbocycles. The smallest absolute Gasteiger partial charge is 0.317 e. The molecule has 0 unspecified atom stereocenters. The first-order valence-electron chi connectivity index (χ1n) is 6.50. The van der Waals surface area contributed by atoms with E-state index in [2.05, 4.69) is 15.5 Å². The number of nitrogens with zero attached hydrogens (tertiary/aromatic N) is 4. The molecule has 0 saturated carbocycles. The molecule has 8 nitrogen and oxygen atoms in total. The average Bonchev–Trinajstić information content (AvgIpc) is 3.00. The number of hydrogen-bond acceptors (Lipinski definition) is 5. The van der Waals surface area contributed by atoms with Crippen LogP contribution in [0.1, 0.15) is 19.2 Å². The molecule has 1 aliphatic heterocycles. The van der Waals surface area contributed by atoms with Crippen molar-refractivity contribution in [1.82, 2.24) is 25.0 Å². The van der Waals surface area contributed by atoms with Gasteiger partial charge in [-0.1, -0.05) is 0 Å². The number of aryl methyl sites for hydroxylation is 1. The van der Waals surface area contributed by atoms with E-state index in [1.165, 1.54) is 4.90 Å². The fraction of sp³-hybridized carbons (Fsp3) is 0.727. The topological polar surface area (TPSA) is 97.2 Å². The maximum atomic E-state index is 12.0. The van der Waals surface area contributed by atoms with Crippen LogP contribution >= 0.6 is 0 Å². The van der Waals surface area contributed by atoms with Gasteiger partial charge in [-0.15, -0.1) is 10.2 Å². The maximum absolute atomic E-state index is 12.0. The van der Waals surface area contributed by atoms with Crippen molar-refractivity contribution in [2.75, 3.05) is 18.6 Å². The van der Waals surface area contributed by atoms with Crippen LogP contribution in [0.15, 0.2) is 6.33 Å². The van der Waals surface area contributed by atoms with Crippen LogP contribution in [0.2, 0.25) is 0 Å². The molecule has 1 aliphatic rings. The average molecular weight is 301 g/mol. The number of sulfone groups is 1. The van der Waals surface area contributed by atoms with Gasteiger partial charge in [-0.2, -0.15) is 0 Å². The second-order valence-corrected chi connectivity index (χ2v) is 7.09. The van der Waals surface area contributed by atoms with Crippen LogP contribution in [0.25, 0.3) is 0 Å². The van der Waals surface area contributed by atoms with E-state index in [1.54, 1.807) is 13.4 Å². The van der Waals surface area contributed by atoms with E-state index in [0.29, 0.717) is 12.2 Å². The predicted molar refractivity (Wildman–Crippen MR) is 72.8 cm³/mol. The van der Waals surface area contributed by atoms with Crippen LogP contribution in [0.5, 0.6) is 0 Å². The Morgan fingerprint density at radius 1 is 1.60 bits per heavy atom.